The maximum Gasteiger partial charge on any atom is 0.253 e. The van der Waals surface area contributed by atoms with Gasteiger partial charge in [-0.05, 0) is 18.1 Å². The average molecular weight is 282 g/mol. The number of hydrogen-bond donors (Lipinski definition) is 1. The second-order valence-corrected chi connectivity index (χ2v) is 5.02. The fraction of sp³-hybridized carbons (Fsp3) is 0.235. The fourth-order valence-corrected chi connectivity index (χ4v) is 2.56. The van der Waals surface area contributed by atoms with Gasteiger partial charge >= 0.3 is 0 Å². The van der Waals surface area contributed by atoms with Gasteiger partial charge in [0.25, 0.3) is 5.91 Å². The Morgan fingerprint density at radius 3 is 2.90 bits per heavy atom. The highest BCUT2D eigenvalue weighted by atomic mass is 16.5. The van der Waals surface area contributed by atoms with Crippen molar-refractivity contribution in [3.8, 4) is 0 Å². The molecule has 0 saturated carbocycles. The maximum atomic E-state index is 12.5. The summed E-state index contributed by atoms with van der Waals surface area (Å²) in [6.45, 7) is 2.49. The van der Waals surface area contributed by atoms with Crippen molar-refractivity contribution < 1.29 is 9.53 Å². The summed E-state index contributed by atoms with van der Waals surface area (Å²) in [4.78, 5) is 12.5. The first-order chi connectivity index (χ1) is 10.3. The van der Waals surface area contributed by atoms with Gasteiger partial charge in [0.2, 0.25) is 0 Å². The van der Waals surface area contributed by atoms with Crippen LogP contribution in [0.4, 0.5) is 0 Å². The summed E-state index contributed by atoms with van der Waals surface area (Å²) in [5.74, 6) is -0.0571. The van der Waals surface area contributed by atoms with Crippen molar-refractivity contribution in [3.05, 3.63) is 65.7 Å². The van der Waals surface area contributed by atoms with Gasteiger partial charge < -0.3 is 14.6 Å². The number of carbonyl (C=O) groups is 1. The quantitative estimate of drug-likeness (QED) is 0.934. The molecule has 1 aliphatic heterocycles. The standard InChI is InChI=1S/C17H18N2O2/c1-2-15(13-6-4-3-5-7-13)18-17(20)14-8-9-19-10-11-21-12-16(14)19/h3-11,15H,2,12H2,1H3,(H,18,20)/t15-/m1/s1. The summed E-state index contributed by atoms with van der Waals surface area (Å²) in [7, 11) is 0. The van der Waals surface area contributed by atoms with E-state index in [0.29, 0.717) is 12.2 Å². The van der Waals surface area contributed by atoms with Crippen molar-refractivity contribution in [2.24, 2.45) is 0 Å². The molecule has 0 bridgehead atoms. The third-order valence-electron chi connectivity index (χ3n) is 3.72. The monoisotopic (exact) mass is 282 g/mol. The number of fused-ring (bicyclic) bond motifs is 1. The molecule has 0 aliphatic carbocycles. The Hall–Kier alpha value is -2.49. The Balaban J connectivity index is 1.80. The molecule has 0 fully saturated rings. The first-order valence-electron chi connectivity index (χ1n) is 7.13. The van der Waals surface area contributed by atoms with Crippen molar-refractivity contribution in [2.45, 2.75) is 26.0 Å². The SMILES string of the molecule is CC[C@@H](NC(=O)c1ccn2c1COC=C2)c1ccccc1. The molecule has 1 aliphatic rings. The largest absolute Gasteiger partial charge is 0.493 e. The molecular weight excluding hydrogens is 264 g/mol. The highest BCUT2D eigenvalue weighted by molar-refractivity contribution is 5.96. The lowest BCUT2D eigenvalue weighted by molar-refractivity contribution is 0.0931. The number of hydrogen-bond acceptors (Lipinski definition) is 2. The van der Waals surface area contributed by atoms with Crippen molar-refractivity contribution in [2.75, 3.05) is 0 Å². The number of amides is 1. The van der Waals surface area contributed by atoms with Crippen LogP contribution < -0.4 is 5.32 Å². The molecule has 2 aromatic rings. The van der Waals surface area contributed by atoms with Gasteiger partial charge in [0.15, 0.2) is 0 Å². The second kappa shape index (κ2) is 5.87. The smallest absolute Gasteiger partial charge is 0.253 e. The predicted molar refractivity (Wildman–Crippen MR) is 81.5 cm³/mol. The van der Waals surface area contributed by atoms with Crippen LogP contribution in [0.5, 0.6) is 0 Å². The molecule has 108 valence electrons. The molecule has 1 amide bonds. The van der Waals surface area contributed by atoms with Crippen molar-refractivity contribution in [1.82, 2.24) is 9.88 Å². The molecule has 0 unspecified atom stereocenters. The van der Waals surface area contributed by atoms with Crippen LogP contribution in [0.1, 0.15) is 41.0 Å². The van der Waals surface area contributed by atoms with E-state index in [-0.39, 0.29) is 11.9 Å². The number of aromatic nitrogens is 1. The number of nitrogens with zero attached hydrogens (tertiary/aromatic N) is 1. The third-order valence-corrected chi connectivity index (χ3v) is 3.72. The van der Waals surface area contributed by atoms with E-state index in [1.54, 1.807) is 6.26 Å². The van der Waals surface area contributed by atoms with Gasteiger partial charge in [0.1, 0.15) is 12.9 Å². The van der Waals surface area contributed by atoms with Crippen molar-refractivity contribution in [1.29, 1.82) is 0 Å². The van der Waals surface area contributed by atoms with Crippen LogP contribution in [0, 0.1) is 0 Å². The Morgan fingerprint density at radius 2 is 2.14 bits per heavy atom. The van der Waals surface area contributed by atoms with Gasteiger partial charge in [-0.15, -0.1) is 0 Å². The Bertz CT molecular complexity index is 659. The van der Waals surface area contributed by atoms with Crippen LogP contribution in [0.25, 0.3) is 6.20 Å². The molecule has 0 radical (unpaired) electrons. The van der Waals surface area contributed by atoms with E-state index in [2.05, 4.69) is 12.2 Å². The van der Waals surface area contributed by atoms with Gasteiger partial charge in [0, 0.05) is 12.4 Å². The van der Waals surface area contributed by atoms with Crippen LogP contribution in [0.3, 0.4) is 0 Å². The van der Waals surface area contributed by atoms with Crippen LogP contribution in [-0.2, 0) is 11.3 Å². The van der Waals surface area contributed by atoms with Crippen LogP contribution >= 0.6 is 0 Å². The minimum Gasteiger partial charge on any atom is -0.493 e. The number of benzene rings is 1. The summed E-state index contributed by atoms with van der Waals surface area (Å²) in [6, 6.07) is 11.9. The minimum atomic E-state index is -0.0571. The zero-order valence-corrected chi connectivity index (χ0v) is 12.0. The van der Waals surface area contributed by atoms with E-state index in [4.69, 9.17) is 4.74 Å². The molecular formula is C17H18N2O2. The Labute approximate surface area is 124 Å². The van der Waals surface area contributed by atoms with E-state index in [1.807, 2.05) is 53.4 Å². The number of rotatable bonds is 4. The lowest BCUT2D eigenvalue weighted by Gasteiger charge is -2.18. The molecule has 4 heteroatoms. The highest BCUT2D eigenvalue weighted by Gasteiger charge is 2.20. The van der Waals surface area contributed by atoms with Gasteiger partial charge in [-0.25, -0.2) is 0 Å². The van der Waals surface area contributed by atoms with Gasteiger partial charge in [-0.1, -0.05) is 37.3 Å². The Kier molecular flexibility index (Phi) is 3.77. The average Bonchev–Trinajstić information content (AvgIpc) is 2.97. The van der Waals surface area contributed by atoms with E-state index in [9.17, 15) is 4.79 Å². The van der Waals surface area contributed by atoms with Gasteiger partial charge in [0.05, 0.1) is 17.3 Å². The molecule has 3 rings (SSSR count). The van der Waals surface area contributed by atoms with Crippen molar-refractivity contribution in [3.63, 3.8) is 0 Å². The first-order valence-corrected chi connectivity index (χ1v) is 7.13. The van der Waals surface area contributed by atoms with Crippen molar-refractivity contribution >= 4 is 12.1 Å². The zero-order chi connectivity index (χ0) is 14.7. The molecule has 1 aromatic carbocycles. The molecule has 1 aromatic heterocycles. The van der Waals surface area contributed by atoms with Crippen LogP contribution in [-0.4, -0.2) is 10.5 Å². The van der Waals surface area contributed by atoms with E-state index in [1.165, 1.54) is 0 Å². The molecule has 2 heterocycles. The molecule has 1 atom stereocenters. The minimum absolute atomic E-state index is 0.0225. The summed E-state index contributed by atoms with van der Waals surface area (Å²) in [6.07, 6.45) is 6.17. The van der Waals surface area contributed by atoms with E-state index >= 15 is 0 Å². The lowest BCUT2D eigenvalue weighted by atomic mass is 10.0. The first kappa shape index (κ1) is 13.5. The molecule has 0 spiro atoms. The predicted octanol–water partition coefficient (Wildman–Crippen LogP) is 3.33. The summed E-state index contributed by atoms with van der Waals surface area (Å²) < 4.78 is 7.20. The number of nitrogens with one attached hydrogen (secondary N) is 1. The molecule has 4 nitrogen and oxygen atoms in total. The lowest BCUT2D eigenvalue weighted by Crippen LogP contribution is -2.29. The summed E-state index contributed by atoms with van der Waals surface area (Å²) in [5.41, 5.74) is 2.68. The molecule has 21 heavy (non-hydrogen) atoms. The summed E-state index contributed by atoms with van der Waals surface area (Å²) >= 11 is 0. The zero-order valence-electron chi connectivity index (χ0n) is 12.0. The van der Waals surface area contributed by atoms with Gasteiger partial charge in [-0.3, -0.25) is 4.79 Å². The van der Waals surface area contributed by atoms with Crippen LogP contribution in [0.15, 0.2) is 48.9 Å². The topological polar surface area (TPSA) is 43.3 Å². The third kappa shape index (κ3) is 2.70. The highest BCUT2D eigenvalue weighted by Crippen LogP contribution is 2.20. The number of carbonyl (C=O) groups excluding carboxylic acids is 1. The summed E-state index contributed by atoms with van der Waals surface area (Å²) in [5, 5.41) is 3.10. The molecule has 0 saturated heterocycles. The molecule has 1 N–H and O–H groups in total. The van der Waals surface area contributed by atoms with Gasteiger partial charge in [-0.2, -0.15) is 0 Å². The number of ether oxygens (including phenoxy) is 1. The van der Waals surface area contributed by atoms with E-state index < -0.39 is 0 Å². The fourth-order valence-electron chi connectivity index (χ4n) is 2.56. The van der Waals surface area contributed by atoms with Crippen LogP contribution in [0.2, 0.25) is 0 Å². The van der Waals surface area contributed by atoms with E-state index in [0.717, 1.165) is 17.7 Å². The Morgan fingerprint density at radius 1 is 1.33 bits per heavy atom. The second-order valence-electron chi connectivity index (χ2n) is 5.02. The normalized spacial score (nSPS) is 14.1. The maximum absolute atomic E-state index is 12.5.